The number of fused-ring (bicyclic) bond motifs is 3. The number of carbonyl (C=O) groups excluding carboxylic acids is 2. The molecule has 3 N–H and O–H groups in total. The highest BCUT2D eigenvalue weighted by molar-refractivity contribution is 9.10. The molecule has 4 aromatic rings. The van der Waals surface area contributed by atoms with E-state index in [0.717, 1.165) is 56.0 Å². The summed E-state index contributed by atoms with van der Waals surface area (Å²) in [5.41, 5.74) is 6.32. The van der Waals surface area contributed by atoms with Gasteiger partial charge in [-0.2, -0.15) is 13.2 Å². The van der Waals surface area contributed by atoms with Gasteiger partial charge in [0.1, 0.15) is 0 Å². The fourth-order valence-corrected chi connectivity index (χ4v) is 8.36. The number of pyridine rings is 1. The number of anilines is 1. The molecule has 0 aliphatic carbocycles. The van der Waals surface area contributed by atoms with Crippen molar-refractivity contribution in [3.05, 3.63) is 68.7 Å². The minimum absolute atomic E-state index is 0.0423. The van der Waals surface area contributed by atoms with Crippen LogP contribution in [0, 0.1) is 0 Å². The summed E-state index contributed by atoms with van der Waals surface area (Å²) in [5.74, 6) is -0.438. The number of rotatable bonds is 6. The van der Waals surface area contributed by atoms with Crippen LogP contribution in [0.3, 0.4) is 0 Å². The quantitative estimate of drug-likeness (QED) is 0.265. The van der Waals surface area contributed by atoms with Gasteiger partial charge in [-0.25, -0.2) is 9.59 Å². The van der Waals surface area contributed by atoms with Crippen molar-refractivity contribution >= 4 is 55.6 Å². The molecule has 3 aliphatic rings. The highest BCUT2D eigenvalue weighted by Crippen LogP contribution is 2.38. The number of halogens is 4. The number of ether oxygens (including phenoxy) is 1. The summed E-state index contributed by atoms with van der Waals surface area (Å²) in [4.78, 5) is 56.2. The summed E-state index contributed by atoms with van der Waals surface area (Å²) in [7, 11) is 2.10. The number of alkyl halides is 3. The number of piperazine rings is 1. The lowest BCUT2D eigenvalue weighted by molar-refractivity contribution is -0.142. The van der Waals surface area contributed by atoms with Gasteiger partial charge in [0.05, 0.1) is 34.0 Å². The first kappa shape index (κ1) is 36.2. The third kappa shape index (κ3) is 7.37. The Labute approximate surface area is 306 Å². The highest BCUT2D eigenvalue weighted by Gasteiger charge is 2.38. The number of aromatic nitrogens is 3. The number of hydrogen-bond donors (Lipinski definition) is 2. The number of benzene rings is 2. The first-order chi connectivity index (χ1) is 24.9. The van der Waals surface area contributed by atoms with Crippen LogP contribution in [-0.4, -0.2) is 118 Å². The predicted molar refractivity (Wildman–Crippen MR) is 194 cm³/mol. The van der Waals surface area contributed by atoms with Crippen LogP contribution < -0.4 is 11.4 Å². The van der Waals surface area contributed by atoms with Gasteiger partial charge in [-0.15, -0.1) is 0 Å². The Kier molecular flexibility index (Phi) is 10.2. The zero-order valence-electron chi connectivity index (χ0n) is 28.9. The van der Waals surface area contributed by atoms with E-state index in [1.54, 1.807) is 15.7 Å². The van der Waals surface area contributed by atoms with Gasteiger partial charge in [-0.1, -0.05) is 18.2 Å². The molecule has 278 valence electrons. The van der Waals surface area contributed by atoms with Gasteiger partial charge in [0.25, 0.3) is 5.91 Å². The zero-order chi connectivity index (χ0) is 36.7. The smallest absolute Gasteiger partial charge is 0.418 e. The number of carbonyl (C=O) groups is 2. The summed E-state index contributed by atoms with van der Waals surface area (Å²) in [5, 5.41) is 0.839. The van der Waals surface area contributed by atoms with E-state index in [1.807, 2.05) is 24.3 Å². The fourth-order valence-electron chi connectivity index (χ4n) is 7.85. The molecule has 2 aromatic carbocycles. The molecule has 0 saturated carbocycles. The maximum Gasteiger partial charge on any atom is 0.418 e. The van der Waals surface area contributed by atoms with Crippen molar-refractivity contribution < 1.29 is 27.5 Å². The number of aromatic amines is 1. The molecule has 3 aliphatic heterocycles. The average Bonchev–Trinajstić information content (AvgIpc) is 3.48. The minimum atomic E-state index is -4.72. The number of nitrogens with two attached hydrogens (primary N) is 1. The molecule has 0 bridgehead atoms. The van der Waals surface area contributed by atoms with Gasteiger partial charge in [0.2, 0.25) is 0 Å². The lowest BCUT2D eigenvalue weighted by atomic mass is 9.99. The molecule has 2 aromatic heterocycles. The molecule has 2 amide bonds. The Balaban J connectivity index is 1.06. The van der Waals surface area contributed by atoms with Crippen LogP contribution >= 0.6 is 15.9 Å². The zero-order valence-corrected chi connectivity index (χ0v) is 30.5. The van der Waals surface area contributed by atoms with Gasteiger partial charge < -0.3 is 30.2 Å². The van der Waals surface area contributed by atoms with Crippen LogP contribution in [0.5, 0.6) is 0 Å². The van der Waals surface area contributed by atoms with E-state index in [9.17, 15) is 27.6 Å². The molecule has 3 saturated heterocycles. The van der Waals surface area contributed by atoms with Crippen molar-refractivity contribution in [2.75, 3.05) is 65.1 Å². The van der Waals surface area contributed by atoms with Crippen molar-refractivity contribution in [2.24, 2.45) is 0 Å². The van der Waals surface area contributed by atoms with Crippen LogP contribution in [0.2, 0.25) is 0 Å². The van der Waals surface area contributed by atoms with Gasteiger partial charge in [-0.05, 0) is 72.4 Å². The van der Waals surface area contributed by atoms with Crippen LogP contribution in [-0.2, 0) is 22.1 Å². The highest BCUT2D eigenvalue weighted by atomic mass is 79.9. The maximum atomic E-state index is 14.0. The number of nitrogen functional groups attached to an aromatic ring is 1. The van der Waals surface area contributed by atoms with Crippen LogP contribution in [0.15, 0.2) is 51.9 Å². The summed E-state index contributed by atoms with van der Waals surface area (Å²) < 4.78 is 49.2. The SMILES string of the molecule is CN1CCN(C2CCN(C(=O)[C@@H](Cc3cc(Br)c(N)c(C(F)(F)F)c3)OC(=O)N3CCC(n4c(=O)[nH]c5c6ccccc6ncc54)CC3)CC2)CC1. The van der Waals surface area contributed by atoms with E-state index in [0.29, 0.717) is 43.0 Å². The van der Waals surface area contributed by atoms with Gasteiger partial charge in [0, 0.05) is 80.7 Å². The molecule has 0 radical (unpaired) electrons. The Hall–Kier alpha value is -4.15. The van der Waals surface area contributed by atoms with E-state index < -0.39 is 35.5 Å². The van der Waals surface area contributed by atoms with Crippen molar-refractivity contribution in [3.8, 4) is 0 Å². The second-order valence-electron chi connectivity index (χ2n) is 14.1. The molecule has 12 nitrogen and oxygen atoms in total. The van der Waals surface area contributed by atoms with Crippen LogP contribution in [0.1, 0.15) is 42.9 Å². The number of nitrogens with zero attached hydrogens (tertiary/aromatic N) is 6. The first-order valence-electron chi connectivity index (χ1n) is 17.7. The second kappa shape index (κ2) is 14.7. The molecular weight excluding hydrogens is 745 g/mol. The van der Waals surface area contributed by atoms with Crippen molar-refractivity contribution in [3.63, 3.8) is 0 Å². The monoisotopic (exact) mass is 786 g/mol. The van der Waals surface area contributed by atoms with Gasteiger partial charge in [-0.3, -0.25) is 19.2 Å². The lowest BCUT2D eigenvalue weighted by Crippen LogP contribution is -2.54. The lowest BCUT2D eigenvalue weighted by Gasteiger charge is -2.42. The van der Waals surface area contributed by atoms with Gasteiger partial charge in [0.15, 0.2) is 6.10 Å². The third-order valence-corrected chi connectivity index (χ3v) is 11.5. The molecular formula is C36H42BrF3N8O4. The molecule has 7 rings (SSSR count). The van der Waals surface area contributed by atoms with Crippen LogP contribution in [0.25, 0.3) is 21.9 Å². The van der Waals surface area contributed by atoms with Crippen molar-refractivity contribution in [1.82, 2.24) is 34.1 Å². The Morgan fingerprint density at radius 2 is 1.63 bits per heavy atom. The van der Waals surface area contributed by atoms with E-state index >= 15 is 0 Å². The average molecular weight is 788 g/mol. The van der Waals surface area contributed by atoms with E-state index in [1.165, 1.54) is 11.0 Å². The van der Waals surface area contributed by atoms with Crippen molar-refractivity contribution in [2.45, 2.75) is 56.5 Å². The molecule has 0 unspecified atom stereocenters. The Bertz CT molecular complexity index is 2010. The van der Waals surface area contributed by atoms with Gasteiger partial charge >= 0.3 is 18.0 Å². The molecule has 5 heterocycles. The third-order valence-electron chi connectivity index (χ3n) is 10.8. The summed E-state index contributed by atoms with van der Waals surface area (Å²) in [6, 6.07) is 10.0. The number of para-hydroxylation sites is 1. The first-order valence-corrected chi connectivity index (χ1v) is 18.5. The van der Waals surface area contributed by atoms with E-state index in [2.05, 4.69) is 42.7 Å². The molecule has 3 fully saturated rings. The van der Waals surface area contributed by atoms with E-state index in [-0.39, 0.29) is 41.3 Å². The molecule has 0 spiro atoms. The standard InChI is InChI=1S/C36H42BrF3N8O4/c1-44-14-16-45(17-15-44)23-6-10-46(11-7-23)33(49)30(20-22-18-26(36(38,39)40)31(41)27(37)19-22)52-35(51)47-12-8-24(9-13-47)48-29-21-42-28-5-3-2-4-25(28)32(29)43-34(48)50/h2-5,18-19,21,23-24,30H,6-17,20,41H2,1H3,(H,43,50)/t30-/m1/s1. The number of piperidine rings is 2. The Morgan fingerprint density at radius 3 is 2.33 bits per heavy atom. The Morgan fingerprint density at radius 1 is 0.981 bits per heavy atom. The number of nitrogens with one attached hydrogen (secondary N) is 1. The topological polar surface area (TPSA) is 133 Å². The summed E-state index contributed by atoms with van der Waals surface area (Å²) in [6.07, 6.45) is -2.95. The number of imidazole rings is 1. The normalized spacial score (nSPS) is 19.4. The number of hydrogen-bond acceptors (Lipinski definition) is 8. The molecule has 1 atom stereocenters. The number of likely N-dealkylation sites (tertiary alicyclic amines) is 2. The second-order valence-corrected chi connectivity index (χ2v) is 14.9. The van der Waals surface area contributed by atoms with Crippen LogP contribution in [0.4, 0.5) is 23.7 Å². The number of H-pyrrole nitrogens is 1. The van der Waals surface area contributed by atoms with E-state index in [4.69, 9.17) is 10.5 Å². The number of amides is 2. The molecule has 16 heteroatoms. The number of likely N-dealkylation sites (N-methyl/N-ethyl adjacent to an activating group) is 1. The predicted octanol–water partition coefficient (Wildman–Crippen LogP) is 4.86. The summed E-state index contributed by atoms with van der Waals surface area (Å²) >= 11 is 3.13. The summed E-state index contributed by atoms with van der Waals surface area (Å²) in [6.45, 7) is 5.32. The largest absolute Gasteiger partial charge is 0.436 e. The fraction of sp³-hybridized carbons (Fsp3) is 0.500. The maximum absolute atomic E-state index is 14.0. The minimum Gasteiger partial charge on any atom is -0.436 e. The molecule has 52 heavy (non-hydrogen) atoms. The van der Waals surface area contributed by atoms with Crippen molar-refractivity contribution in [1.29, 1.82) is 0 Å².